The van der Waals surface area contributed by atoms with Crippen molar-refractivity contribution in [2.24, 2.45) is 5.73 Å². The van der Waals surface area contributed by atoms with Gasteiger partial charge in [0.2, 0.25) is 0 Å². The van der Waals surface area contributed by atoms with E-state index in [1.54, 1.807) is 6.07 Å². The number of nitrogens with two attached hydrogens (primary N) is 1. The largest absolute Gasteiger partial charge is 0.394 e. The number of benzene rings is 1. The molecule has 0 radical (unpaired) electrons. The molecule has 5 heteroatoms. The molecule has 0 saturated carbocycles. The van der Waals surface area contributed by atoms with E-state index in [0.717, 1.165) is 5.69 Å². The van der Waals surface area contributed by atoms with Crippen molar-refractivity contribution in [3.8, 4) is 0 Å². The van der Waals surface area contributed by atoms with Gasteiger partial charge in [-0.2, -0.15) is 0 Å². The van der Waals surface area contributed by atoms with Crippen LogP contribution in [0.4, 0.5) is 10.1 Å². The number of aliphatic hydroxyl groups is 1. The van der Waals surface area contributed by atoms with E-state index < -0.39 is 0 Å². The first-order valence-corrected chi connectivity index (χ1v) is 6.14. The number of nitrogens with zero attached hydrogens (tertiary/aromatic N) is 1. The van der Waals surface area contributed by atoms with Crippen molar-refractivity contribution in [1.82, 2.24) is 0 Å². The Morgan fingerprint density at radius 1 is 1.56 bits per heavy atom. The van der Waals surface area contributed by atoms with Crippen molar-refractivity contribution in [3.63, 3.8) is 0 Å². The van der Waals surface area contributed by atoms with Crippen LogP contribution in [0.2, 0.25) is 0 Å². The van der Waals surface area contributed by atoms with Gasteiger partial charge in [0.15, 0.2) is 0 Å². The zero-order valence-electron chi connectivity index (χ0n) is 10.5. The molecule has 4 nitrogen and oxygen atoms in total. The molecule has 2 rings (SSSR count). The zero-order valence-corrected chi connectivity index (χ0v) is 10.5. The van der Waals surface area contributed by atoms with E-state index in [9.17, 15) is 9.50 Å². The highest BCUT2D eigenvalue weighted by Gasteiger charge is 2.27. The molecule has 2 atom stereocenters. The predicted molar refractivity (Wildman–Crippen MR) is 67.9 cm³/mol. The van der Waals surface area contributed by atoms with Crippen molar-refractivity contribution in [2.45, 2.75) is 25.6 Å². The van der Waals surface area contributed by atoms with Crippen LogP contribution >= 0.6 is 0 Å². The fourth-order valence-electron chi connectivity index (χ4n) is 2.28. The Morgan fingerprint density at radius 2 is 2.33 bits per heavy atom. The fourth-order valence-corrected chi connectivity index (χ4v) is 2.28. The molecule has 0 spiro atoms. The zero-order chi connectivity index (χ0) is 13.1. The maximum Gasteiger partial charge on any atom is 0.129 e. The van der Waals surface area contributed by atoms with Crippen molar-refractivity contribution in [1.29, 1.82) is 0 Å². The van der Waals surface area contributed by atoms with E-state index in [0.29, 0.717) is 18.7 Å². The van der Waals surface area contributed by atoms with E-state index in [-0.39, 0.29) is 31.1 Å². The number of aliphatic hydroxyl groups excluding tert-OH is 1. The molecule has 1 aromatic rings. The summed E-state index contributed by atoms with van der Waals surface area (Å²) in [4.78, 5) is 2.05. The lowest BCUT2D eigenvalue weighted by atomic mass is 10.1. The topological polar surface area (TPSA) is 58.7 Å². The Balaban J connectivity index is 2.31. The normalized spacial score (nSPS) is 24.3. The number of rotatable bonds is 3. The van der Waals surface area contributed by atoms with Crippen LogP contribution in [-0.2, 0) is 11.3 Å². The summed E-state index contributed by atoms with van der Waals surface area (Å²) >= 11 is 0. The van der Waals surface area contributed by atoms with Crippen LogP contribution in [0.25, 0.3) is 0 Å². The Bertz CT molecular complexity index is 414. The minimum absolute atomic E-state index is 0.0313. The van der Waals surface area contributed by atoms with Gasteiger partial charge in [0.25, 0.3) is 0 Å². The van der Waals surface area contributed by atoms with Gasteiger partial charge in [-0.25, -0.2) is 4.39 Å². The quantitative estimate of drug-likeness (QED) is 0.840. The smallest absolute Gasteiger partial charge is 0.129 e. The second kappa shape index (κ2) is 5.65. The summed E-state index contributed by atoms with van der Waals surface area (Å²) in [5, 5.41) is 9.17. The lowest BCUT2D eigenvalue weighted by Crippen LogP contribution is -2.50. The van der Waals surface area contributed by atoms with Crippen LogP contribution in [0.5, 0.6) is 0 Å². The molecule has 0 aliphatic carbocycles. The van der Waals surface area contributed by atoms with E-state index in [4.69, 9.17) is 10.5 Å². The van der Waals surface area contributed by atoms with Gasteiger partial charge in [-0.1, -0.05) is 6.07 Å². The minimum Gasteiger partial charge on any atom is -0.394 e. The summed E-state index contributed by atoms with van der Waals surface area (Å²) in [5.41, 5.74) is 6.94. The minimum atomic E-state index is -0.283. The molecule has 1 fully saturated rings. The van der Waals surface area contributed by atoms with Gasteiger partial charge < -0.3 is 20.5 Å². The average molecular weight is 254 g/mol. The number of anilines is 1. The third-order valence-electron chi connectivity index (χ3n) is 3.32. The number of hydrogen-bond acceptors (Lipinski definition) is 4. The summed E-state index contributed by atoms with van der Waals surface area (Å²) in [6, 6.07) is 5.10. The van der Waals surface area contributed by atoms with E-state index in [1.807, 2.05) is 13.0 Å². The fraction of sp³-hybridized carbons (Fsp3) is 0.538. The van der Waals surface area contributed by atoms with Crippen molar-refractivity contribution in [2.75, 3.05) is 24.7 Å². The predicted octanol–water partition coefficient (Wildman–Crippen LogP) is 0.870. The Morgan fingerprint density at radius 3 is 3.00 bits per heavy atom. The molecule has 3 N–H and O–H groups in total. The second-order valence-electron chi connectivity index (χ2n) is 4.58. The monoisotopic (exact) mass is 254 g/mol. The van der Waals surface area contributed by atoms with Gasteiger partial charge in [0.1, 0.15) is 5.82 Å². The van der Waals surface area contributed by atoms with E-state index >= 15 is 0 Å². The molecule has 18 heavy (non-hydrogen) atoms. The molecule has 0 amide bonds. The molecule has 0 aromatic heterocycles. The maximum absolute atomic E-state index is 13.7. The Kier molecular flexibility index (Phi) is 4.16. The highest BCUT2D eigenvalue weighted by Crippen LogP contribution is 2.27. The SMILES string of the molecule is CC1COC(CO)CN1c1cccc(F)c1CN. The first kappa shape index (κ1) is 13.3. The molecule has 1 saturated heterocycles. The Labute approximate surface area is 106 Å². The summed E-state index contributed by atoms with van der Waals surface area (Å²) < 4.78 is 19.2. The second-order valence-corrected chi connectivity index (χ2v) is 4.58. The van der Waals surface area contributed by atoms with Crippen LogP contribution < -0.4 is 10.6 Å². The van der Waals surface area contributed by atoms with Crippen LogP contribution in [0, 0.1) is 5.82 Å². The molecular weight excluding hydrogens is 235 g/mol. The molecule has 0 bridgehead atoms. The van der Waals surface area contributed by atoms with E-state index in [1.165, 1.54) is 6.07 Å². The summed E-state index contributed by atoms with van der Waals surface area (Å²) in [7, 11) is 0. The maximum atomic E-state index is 13.7. The standard InChI is InChI=1S/C13H19FN2O2/c1-9-8-18-10(7-17)6-16(9)13-4-2-3-12(14)11(13)5-15/h2-4,9-10,17H,5-8,15H2,1H3. The third kappa shape index (κ3) is 2.48. The lowest BCUT2D eigenvalue weighted by Gasteiger charge is -2.40. The van der Waals surface area contributed by atoms with Gasteiger partial charge in [-0.05, 0) is 19.1 Å². The van der Waals surface area contributed by atoms with Crippen molar-refractivity contribution in [3.05, 3.63) is 29.6 Å². The highest BCUT2D eigenvalue weighted by atomic mass is 19.1. The third-order valence-corrected chi connectivity index (χ3v) is 3.32. The van der Waals surface area contributed by atoms with Crippen LogP contribution in [-0.4, -0.2) is 37.0 Å². The lowest BCUT2D eigenvalue weighted by molar-refractivity contribution is -0.0103. The van der Waals surface area contributed by atoms with Gasteiger partial charge in [-0.15, -0.1) is 0 Å². The summed E-state index contributed by atoms with van der Waals surface area (Å²) in [5.74, 6) is -0.283. The van der Waals surface area contributed by atoms with Crippen molar-refractivity contribution >= 4 is 5.69 Å². The number of hydrogen-bond donors (Lipinski definition) is 2. The first-order valence-electron chi connectivity index (χ1n) is 6.14. The summed E-state index contributed by atoms with van der Waals surface area (Å²) in [6.07, 6.45) is -0.227. The number of morpholine rings is 1. The first-order chi connectivity index (χ1) is 8.67. The summed E-state index contributed by atoms with van der Waals surface area (Å²) in [6.45, 7) is 3.21. The molecule has 1 aliphatic rings. The molecule has 100 valence electrons. The number of halogens is 1. The van der Waals surface area contributed by atoms with Crippen LogP contribution in [0.1, 0.15) is 12.5 Å². The van der Waals surface area contributed by atoms with Gasteiger partial charge >= 0.3 is 0 Å². The van der Waals surface area contributed by atoms with Crippen LogP contribution in [0.3, 0.4) is 0 Å². The number of ether oxygens (including phenoxy) is 1. The molecule has 1 heterocycles. The van der Waals surface area contributed by atoms with E-state index in [2.05, 4.69) is 4.90 Å². The molecule has 1 aliphatic heterocycles. The van der Waals surface area contributed by atoms with Crippen LogP contribution in [0.15, 0.2) is 18.2 Å². The van der Waals surface area contributed by atoms with Crippen molar-refractivity contribution < 1.29 is 14.2 Å². The molecular formula is C13H19FN2O2. The highest BCUT2D eigenvalue weighted by molar-refractivity contribution is 5.55. The molecule has 2 unspecified atom stereocenters. The van der Waals surface area contributed by atoms with Gasteiger partial charge in [-0.3, -0.25) is 0 Å². The molecule has 1 aromatic carbocycles. The van der Waals surface area contributed by atoms with Gasteiger partial charge in [0, 0.05) is 30.4 Å². The average Bonchev–Trinajstić information content (AvgIpc) is 2.39. The Hall–Kier alpha value is -1.17. The van der Waals surface area contributed by atoms with Gasteiger partial charge in [0.05, 0.1) is 19.3 Å².